The van der Waals surface area contributed by atoms with Crippen LogP contribution in [0.3, 0.4) is 0 Å². The summed E-state index contributed by atoms with van der Waals surface area (Å²) in [6, 6.07) is 19.1. The molecule has 0 aromatic heterocycles. The van der Waals surface area contributed by atoms with E-state index in [1.807, 2.05) is 60.7 Å². The molecule has 0 bridgehead atoms. The molecule has 0 heterocycles. The van der Waals surface area contributed by atoms with Gasteiger partial charge in [0.15, 0.2) is 13.6 Å². The van der Waals surface area contributed by atoms with Gasteiger partial charge in [0.1, 0.15) is 0 Å². The fourth-order valence-electron chi connectivity index (χ4n) is 1.73. The second-order valence-corrected chi connectivity index (χ2v) is 4.72. The first-order valence-electron chi connectivity index (χ1n) is 5.06. The molecule has 1 unspecified atom stereocenters. The second kappa shape index (κ2) is 5.02. The lowest BCUT2D eigenvalue weighted by Gasteiger charge is -2.11. The predicted octanol–water partition coefficient (Wildman–Crippen LogP) is 3.30. The van der Waals surface area contributed by atoms with E-state index in [0.717, 1.165) is 11.1 Å². The van der Waals surface area contributed by atoms with Crippen molar-refractivity contribution in [1.82, 2.24) is 0 Å². The fourth-order valence-corrected chi connectivity index (χ4v) is 2.62. The average molecular weight is 229 g/mol. The van der Waals surface area contributed by atoms with Crippen molar-refractivity contribution >= 4 is 7.94 Å². The van der Waals surface area contributed by atoms with E-state index in [9.17, 15) is 4.89 Å². The van der Waals surface area contributed by atoms with Gasteiger partial charge in [0, 0.05) is 11.1 Å². The quantitative estimate of drug-likeness (QED) is 0.806. The molecular formula is C13H12NOP. The van der Waals surface area contributed by atoms with Gasteiger partial charge in [-0.1, -0.05) is 60.7 Å². The number of benzene rings is 2. The van der Waals surface area contributed by atoms with Gasteiger partial charge in [-0.3, -0.25) is 0 Å². The van der Waals surface area contributed by atoms with Gasteiger partial charge in [-0.25, -0.2) is 0 Å². The molecule has 2 aromatic rings. The summed E-state index contributed by atoms with van der Waals surface area (Å²) in [6.45, 7) is 0. The first kappa shape index (κ1) is 11.0. The van der Waals surface area contributed by atoms with Crippen LogP contribution in [0.1, 0.15) is 16.8 Å². The third-order valence-corrected chi connectivity index (χ3v) is 3.53. The Morgan fingerprint density at radius 2 is 1.19 bits per heavy atom. The molecule has 0 aliphatic carbocycles. The van der Waals surface area contributed by atoms with Crippen molar-refractivity contribution in [3.63, 3.8) is 0 Å². The van der Waals surface area contributed by atoms with Crippen LogP contribution in [0.25, 0.3) is 0 Å². The topological polar surface area (TPSA) is 46.9 Å². The predicted molar refractivity (Wildman–Crippen MR) is 64.4 cm³/mol. The summed E-state index contributed by atoms with van der Waals surface area (Å²) in [7, 11) is -2.02. The van der Waals surface area contributed by atoms with Crippen molar-refractivity contribution in [2.45, 2.75) is 5.66 Å². The molecule has 1 N–H and O–H groups in total. The second-order valence-electron chi connectivity index (χ2n) is 3.55. The molecule has 0 aliphatic heterocycles. The zero-order valence-electron chi connectivity index (χ0n) is 8.71. The molecule has 0 spiro atoms. The highest BCUT2D eigenvalue weighted by molar-refractivity contribution is 7.38. The minimum Gasteiger partial charge on any atom is -0.612 e. The van der Waals surface area contributed by atoms with Gasteiger partial charge in [0.25, 0.3) is 0 Å². The van der Waals surface area contributed by atoms with E-state index in [-0.39, 0.29) is 5.66 Å². The molecule has 2 nitrogen and oxygen atoms in total. The van der Waals surface area contributed by atoms with E-state index in [4.69, 9.17) is 5.16 Å². The molecule has 0 saturated heterocycles. The molecule has 0 saturated carbocycles. The van der Waals surface area contributed by atoms with E-state index >= 15 is 0 Å². The molecule has 0 fully saturated rings. The monoisotopic (exact) mass is 229 g/mol. The molecule has 2 aromatic carbocycles. The molecule has 2 rings (SSSR count). The van der Waals surface area contributed by atoms with Gasteiger partial charge in [-0.2, -0.15) is 0 Å². The van der Waals surface area contributed by atoms with Crippen LogP contribution in [-0.2, 0) is 0 Å². The first-order chi connectivity index (χ1) is 7.79. The Labute approximate surface area is 95.9 Å². The summed E-state index contributed by atoms with van der Waals surface area (Å²) in [5.74, 6) is 0. The molecule has 16 heavy (non-hydrogen) atoms. The number of nitrogens with one attached hydrogen (secondary N) is 1. The van der Waals surface area contributed by atoms with E-state index in [2.05, 4.69) is 0 Å². The third kappa shape index (κ3) is 2.35. The van der Waals surface area contributed by atoms with Gasteiger partial charge < -0.3 is 4.89 Å². The van der Waals surface area contributed by atoms with Crippen molar-refractivity contribution in [2.75, 3.05) is 0 Å². The van der Waals surface area contributed by atoms with Crippen LogP contribution in [-0.4, -0.2) is 0 Å². The Morgan fingerprint density at radius 3 is 1.50 bits per heavy atom. The minimum absolute atomic E-state index is 0.322. The van der Waals surface area contributed by atoms with E-state index in [1.165, 1.54) is 0 Å². The van der Waals surface area contributed by atoms with Crippen LogP contribution in [0, 0.1) is 5.16 Å². The van der Waals surface area contributed by atoms with Gasteiger partial charge >= 0.3 is 0 Å². The lowest BCUT2D eigenvalue weighted by Crippen LogP contribution is -2.02. The van der Waals surface area contributed by atoms with Crippen molar-refractivity contribution in [3.05, 3.63) is 71.8 Å². The Kier molecular flexibility index (Phi) is 3.45. The van der Waals surface area contributed by atoms with Crippen molar-refractivity contribution < 1.29 is 4.89 Å². The lowest BCUT2D eigenvalue weighted by molar-refractivity contribution is -0.157. The van der Waals surface area contributed by atoms with Crippen molar-refractivity contribution in [1.29, 1.82) is 5.16 Å². The number of rotatable bonds is 3. The maximum atomic E-state index is 11.6. The Morgan fingerprint density at radius 1 is 0.812 bits per heavy atom. The van der Waals surface area contributed by atoms with Gasteiger partial charge in [0.2, 0.25) is 0 Å². The SMILES string of the molecule is N=[P+]([O-])C(c1ccccc1)c1ccccc1. The fraction of sp³-hybridized carbons (Fsp3) is 0.0769. The maximum Gasteiger partial charge on any atom is 0.183 e. The van der Waals surface area contributed by atoms with Crippen LogP contribution < -0.4 is 4.89 Å². The summed E-state index contributed by atoms with van der Waals surface area (Å²) in [5, 5.41) is 7.52. The van der Waals surface area contributed by atoms with Crippen LogP contribution >= 0.6 is 7.94 Å². The van der Waals surface area contributed by atoms with E-state index in [0.29, 0.717) is 0 Å². The Hall–Kier alpha value is -1.50. The van der Waals surface area contributed by atoms with Crippen molar-refractivity contribution in [3.8, 4) is 0 Å². The summed E-state index contributed by atoms with van der Waals surface area (Å²) >= 11 is 0. The van der Waals surface area contributed by atoms with E-state index in [1.54, 1.807) is 0 Å². The molecule has 0 amide bonds. The molecule has 1 atom stereocenters. The standard InChI is InChI=1S/C13H12NOP/c14-16(15)13(11-7-3-1-4-8-11)12-9-5-2-6-10-12/h1-10,13-14H. The molecule has 0 aliphatic rings. The molecular weight excluding hydrogens is 217 g/mol. The zero-order valence-corrected chi connectivity index (χ0v) is 9.60. The van der Waals surface area contributed by atoms with Crippen LogP contribution in [0.2, 0.25) is 0 Å². The maximum absolute atomic E-state index is 11.6. The Bertz CT molecular complexity index is 430. The number of hydrogen-bond acceptors (Lipinski definition) is 2. The first-order valence-corrected chi connectivity index (χ1v) is 6.39. The normalized spacial score (nSPS) is 11.5. The molecule has 3 heteroatoms. The highest BCUT2D eigenvalue weighted by atomic mass is 31.1. The lowest BCUT2D eigenvalue weighted by atomic mass is 10.0. The summed E-state index contributed by atoms with van der Waals surface area (Å²) in [6.07, 6.45) is 0. The average Bonchev–Trinajstić information content (AvgIpc) is 2.31. The highest BCUT2D eigenvalue weighted by Gasteiger charge is 2.22. The molecule has 0 radical (unpaired) electrons. The van der Waals surface area contributed by atoms with Gasteiger partial charge in [0.05, 0.1) is 0 Å². The van der Waals surface area contributed by atoms with Crippen LogP contribution in [0.4, 0.5) is 0 Å². The third-order valence-electron chi connectivity index (χ3n) is 2.47. The smallest absolute Gasteiger partial charge is 0.183 e. The van der Waals surface area contributed by atoms with Crippen molar-refractivity contribution in [2.24, 2.45) is 0 Å². The minimum atomic E-state index is -2.02. The summed E-state index contributed by atoms with van der Waals surface area (Å²) < 4.78 is 0. The van der Waals surface area contributed by atoms with Gasteiger partial charge in [-0.15, -0.1) is 5.16 Å². The van der Waals surface area contributed by atoms with Gasteiger partial charge in [-0.05, 0) is 0 Å². The van der Waals surface area contributed by atoms with Crippen LogP contribution in [0.15, 0.2) is 60.7 Å². The highest BCUT2D eigenvalue weighted by Crippen LogP contribution is 2.40. The van der Waals surface area contributed by atoms with E-state index < -0.39 is 7.94 Å². The summed E-state index contributed by atoms with van der Waals surface area (Å²) in [4.78, 5) is 11.6. The summed E-state index contributed by atoms with van der Waals surface area (Å²) in [5.41, 5.74) is 1.55. The zero-order chi connectivity index (χ0) is 11.4. The van der Waals surface area contributed by atoms with Crippen LogP contribution in [0.5, 0.6) is 0 Å². The largest absolute Gasteiger partial charge is 0.612 e. The Balaban J connectivity index is 2.44. The number of hydrogen-bond donors (Lipinski definition) is 1. The molecule has 80 valence electrons.